The Morgan fingerprint density at radius 3 is 1.79 bits per heavy atom. The SMILES string of the molecule is Cc1c(NC(=O)c2cc(C3CC3)c(CNC(C)(CO)C(=O)O)cn2)cccc1-c1cccc(NC(=O)c2cc(C3CC3)c(CN3CCCC[C@H]3C(=O)O)cn2)c1C. The monoisotopic (exact) mass is 774 g/mol. The first-order valence-electron chi connectivity index (χ1n) is 19.7. The number of aliphatic hydroxyl groups excluding tert-OH is 1. The Balaban J connectivity index is 1.06. The number of anilines is 2. The van der Waals surface area contributed by atoms with Crippen LogP contribution in [0.2, 0.25) is 0 Å². The largest absolute Gasteiger partial charge is 0.480 e. The molecule has 6 N–H and O–H groups in total. The Morgan fingerprint density at radius 1 is 0.772 bits per heavy atom. The number of benzene rings is 2. The molecule has 2 amide bonds. The summed E-state index contributed by atoms with van der Waals surface area (Å²) in [7, 11) is 0. The summed E-state index contributed by atoms with van der Waals surface area (Å²) in [4.78, 5) is 61.9. The van der Waals surface area contributed by atoms with Crippen LogP contribution in [0.1, 0.15) is 118 Å². The number of hydrogen-bond donors (Lipinski definition) is 6. The number of nitrogens with one attached hydrogen (secondary N) is 3. The fourth-order valence-electron chi connectivity index (χ4n) is 7.74. The van der Waals surface area contributed by atoms with E-state index in [0.29, 0.717) is 36.0 Å². The molecule has 4 aromatic rings. The van der Waals surface area contributed by atoms with Crippen molar-refractivity contribution in [1.82, 2.24) is 20.2 Å². The second-order valence-electron chi connectivity index (χ2n) is 15.9. The minimum absolute atomic E-state index is 0.184. The molecule has 13 nitrogen and oxygen atoms in total. The molecule has 1 saturated heterocycles. The lowest BCUT2D eigenvalue weighted by Gasteiger charge is -2.33. The number of hydrogen-bond acceptors (Lipinski definition) is 9. The van der Waals surface area contributed by atoms with Crippen molar-refractivity contribution in [2.45, 2.75) is 102 Å². The molecule has 2 aromatic carbocycles. The lowest BCUT2D eigenvalue weighted by atomic mass is 9.94. The van der Waals surface area contributed by atoms with E-state index in [9.17, 15) is 34.5 Å². The normalized spacial score (nSPS) is 18.1. The Kier molecular flexibility index (Phi) is 11.5. The number of carboxylic acid groups (broad SMARTS) is 2. The van der Waals surface area contributed by atoms with Gasteiger partial charge in [-0.1, -0.05) is 30.7 Å². The third kappa shape index (κ3) is 8.75. The van der Waals surface area contributed by atoms with Crippen LogP contribution in [0.15, 0.2) is 60.9 Å². The van der Waals surface area contributed by atoms with Gasteiger partial charge >= 0.3 is 11.9 Å². The number of aromatic nitrogens is 2. The van der Waals surface area contributed by atoms with E-state index in [1.807, 2.05) is 61.2 Å². The van der Waals surface area contributed by atoms with Crippen molar-refractivity contribution >= 4 is 35.1 Å². The summed E-state index contributed by atoms with van der Waals surface area (Å²) in [5.74, 6) is -2.05. The number of rotatable bonds is 15. The molecule has 2 aromatic heterocycles. The molecule has 0 spiro atoms. The Bertz CT molecular complexity index is 2220. The molecule has 13 heteroatoms. The zero-order chi connectivity index (χ0) is 40.4. The highest BCUT2D eigenvalue weighted by atomic mass is 16.4. The standard InChI is InChI=1S/C44H50N6O7/c1-25-31(8-6-10-35(25)48-40(52)37-18-33(27-13-14-27)29(20-45-37)22-47-44(3,24-51)43(56)57)32-9-7-11-36(26(32)2)49-41(53)38-19-34(28-15-16-28)30(21-46-38)23-50-17-5-4-12-39(50)42(54)55/h6-11,18-21,27-28,39,47,51H,4-5,12-17,22-24H2,1-3H3,(H,48,52)(H,49,53)(H,54,55)(H,56,57)/t39-,44?/m0/s1. The summed E-state index contributed by atoms with van der Waals surface area (Å²) in [6.45, 7) is 6.14. The summed E-state index contributed by atoms with van der Waals surface area (Å²) >= 11 is 0. The summed E-state index contributed by atoms with van der Waals surface area (Å²) in [6, 6.07) is 14.5. The van der Waals surface area contributed by atoms with Crippen LogP contribution in [0.4, 0.5) is 11.4 Å². The lowest BCUT2D eigenvalue weighted by Crippen LogP contribution is -2.52. The second kappa shape index (κ2) is 16.5. The van der Waals surface area contributed by atoms with Crippen LogP contribution in [-0.4, -0.2) is 78.7 Å². The molecule has 2 atom stereocenters. The highest BCUT2D eigenvalue weighted by Gasteiger charge is 2.34. The van der Waals surface area contributed by atoms with E-state index < -0.39 is 30.1 Å². The maximum atomic E-state index is 13.7. The van der Waals surface area contributed by atoms with Gasteiger partial charge in [0.25, 0.3) is 11.8 Å². The van der Waals surface area contributed by atoms with Crippen LogP contribution in [0.25, 0.3) is 11.1 Å². The van der Waals surface area contributed by atoms with Gasteiger partial charge in [-0.25, -0.2) is 0 Å². The van der Waals surface area contributed by atoms with E-state index in [2.05, 4.69) is 25.9 Å². The molecule has 7 rings (SSSR count). The molecular formula is C44H50N6O7. The maximum Gasteiger partial charge on any atom is 0.326 e. The Labute approximate surface area is 331 Å². The van der Waals surface area contributed by atoms with Gasteiger partial charge in [-0.05, 0) is 146 Å². The van der Waals surface area contributed by atoms with Gasteiger partial charge in [0.05, 0.1) is 6.61 Å². The summed E-state index contributed by atoms with van der Waals surface area (Å²) < 4.78 is 0. The Hall–Kier alpha value is -5.50. The maximum absolute atomic E-state index is 13.7. The van der Waals surface area contributed by atoms with Crippen LogP contribution in [0, 0.1) is 13.8 Å². The number of aliphatic carboxylic acids is 2. The van der Waals surface area contributed by atoms with Crippen molar-refractivity contribution in [2.24, 2.45) is 0 Å². The third-order valence-corrected chi connectivity index (χ3v) is 11.7. The van der Waals surface area contributed by atoms with Gasteiger partial charge in [0.2, 0.25) is 0 Å². The van der Waals surface area contributed by atoms with Crippen LogP contribution in [0.5, 0.6) is 0 Å². The van der Waals surface area contributed by atoms with E-state index in [1.54, 1.807) is 18.5 Å². The number of amides is 2. The molecule has 0 radical (unpaired) electrons. The molecule has 3 heterocycles. The van der Waals surface area contributed by atoms with E-state index in [1.165, 1.54) is 6.92 Å². The molecule has 2 saturated carbocycles. The number of likely N-dealkylation sites (tertiary alicyclic amines) is 1. The quantitative estimate of drug-likeness (QED) is 0.0785. The first-order chi connectivity index (χ1) is 27.4. The van der Waals surface area contributed by atoms with Gasteiger partial charge in [0.1, 0.15) is 23.0 Å². The lowest BCUT2D eigenvalue weighted by molar-refractivity contribution is -0.146. The zero-order valence-corrected chi connectivity index (χ0v) is 32.6. The number of carboxylic acids is 2. The van der Waals surface area contributed by atoms with Crippen molar-refractivity contribution in [1.29, 1.82) is 0 Å². The van der Waals surface area contributed by atoms with E-state index >= 15 is 0 Å². The number of carbonyl (C=O) groups excluding carboxylic acids is 2. The van der Waals surface area contributed by atoms with Gasteiger partial charge in [0, 0.05) is 36.9 Å². The van der Waals surface area contributed by atoms with Gasteiger partial charge in [-0.3, -0.25) is 39.4 Å². The predicted molar refractivity (Wildman–Crippen MR) is 215 cm³/mol. The highest BCUT2D eigenvalue weighted by Crippen LogP contribution is 2.43. The van der Waals surface area contributed by atoms with E-state index in [0.717, 1.165) is 89.6 Å². The molecule has 3 fully saturated rings. The first-order valence-corrected chi connectivity index (χ1v) is 19.7. The number of aliphatic hydroxyl groups is 1. The number of nitrogens with zero attached hydrogens (tertiary/aromatic N) is 3. The van der Waals surface area contributed by atoms with Crippen molar-refractivity contribution in [3.05, 3.63) is 106 Å². The molecule has 0 bridgehead atoms. The fourth-order valence-corrected chi connectivity index (χ4v) is 7.74. The van der Waals surface area contributed by atoms with E-state index in [4.69, 9.17) is 0 Å². The van der Waals surface area contributed by atoms with Crippen molar-refractivity contribution in [3.63, 3.8) is 0 Å². The molecule has 2 aliphatic carbocycles. The smallest absolute Gasteiger partial charge is 0.326 e. The average Bonchev–Trinajstić information content (AvgIpc) is 4.14. The molecule has 3 aliphatic rings. The highest BCUT2D eigenvalue weighted by molar-refractivity contribution is 6.05. The van der Waals surface area contributed by atoms with Crippen LogP contribution < -0.4 is 16.0 Å². The van der Waals surface area contributed by atoms with Gasteiger partial charge < -0.3 is 26.0 Å². The molecule has 1 unspecified atom stereocenters. The van der Waals surface area contributed by atoms with Crippen LogP contribution in [0.3, 0.4) is 0 Å². The summed E-state index contributed by atoms with van der Waals surface area (Å²) in [6.07, 6.45) is 9.85. The minimum Gasteiger partial charge on any atom is -0.480 e. The second-order valence-corrected chi connectivity index (χ2v) is 15.9. The van der Waals surface area contributed by atoms with Crippen LogP contribution in [-0.2, 0) is 22.7 Å². The predicted octanol–water partition coefficient (Wildman–Crippen LogP) is 6.38. The van der Waals surface area contributed by atoms with Crippen molar-refractivity contribution < 1.29 is 34.5 Å². The van der Waals surface area contributed by atoms with E-state index in [-0.39, 0.29) is 30.0 Å². The molecular weight excluding hydrogens is 725 g/mol. The van der Waals surface area contributed by atoms with Crippen molar-refractivity contribution in [3.8, 4) is 11.1 Å². The van der Waals surface area contributed by atoms with Crippen LogP contribution >= 0.6 is 0 Å². The minimum atomic E-state index is -1.50. The van der Waals surface area contributed by atoms with Gasteiger partial charge in [-0.15, -0.1) is 0 Å². The van der Waals surface area contributed by atoms with Gasteiger partial charge in [0.15, 0.2) is 0 Å². The fraction of sp³-hybridized carbons (Fsp3) is 0.409. The topological polar surface area (TPSA) is 194 Å². The first kappa shape index (κ1) is 39.7. The number of carbonyl (C=O) groups is 4. The molecule has 57 heavy (non-hydrogen) atoms. The number of piperidine rings is 1. The van der Waals surface area contributed by atoms with Crippen molar-refractivity contribution in [2.75, 3.05) is 23.8 Å². The Morgan fingerprint density at radius 2 is 1.30 bits per heavy atom. The average molecular weight is 775 g/mol. The molecule has 1 aliphatic heterocycles. The summed E-state index contributed by atoms with van der Waals surface area (Å²) in [5, 5.41) is 38.0. The third-order valence-electron chi connectivity index (χ3n) is 11.7. The zero-order valence-electron chi connectivity index (χ0n) is 32.6. The molecule has 298 valence electrons. The summed E-state index contributed by atoms with van der Waals surface area (Å²) in [5.41, 5.74) is 7.54. The number of pyridine rings is 2. The van der Waals surface area contributed by atoms with Gasteiger partial charge in [-0.2, -0.15) is 0 Å².